The van der Waals surface area contributed by atoms with Crippen LogP contribution < -0.4 is 0 Å². The lowest BCUT2D eigenvalue weighted by atomic mass is 9.90. The first-order valence-electron chi connectivity index (χ1n) is 17.5. The maximum Gasteiger partial charge on any atom is 0.0541 e. The van der Waals surface area contributed by atoms with E-state index in [4.69, 9.17) is 0 Å². The third-order valence-electron chi connectivity index (χ3n) is 11.0. The number of fused-ring (bicyclic) bond motifs is 12. The summed E-state index contributed by atoms with van der Waals surface area (Å²) in [7, 11) is 0. The van der Waals surface area contributed by atoms with Gasteiger partial charge in [0, 0.05) is 16.5 Å². The third-order valence-corrected chi connectivity index (χ3v) is 11.0. The standard InChI is InChI=1S/C49H31N/c1-2-15-39-37(13-1)38-14-3-4-16-40(38)47-28-32(24-26-42(39)47)31-11-9-12-33(27-31)36-19-10-20-41-45-30-35(25-23-34(45)29-46(36)41)50-48-21-7-5-17-43(48)44-18-6-8-22-49(44)50/h1-28,30H,29H2. The Hall–Kier alpha value is -6.44. The molecule has 1 aromatic heterocycles. The fourth-order valence-corrected chi connectivity index (χ4v) is 8.75. The normalized spacial score (nSPS) is 12.3. The molecule has 0 fully saturated rings. The summed E-state index contributed by atoms with van der Waals surface area (Å²) in [6.45, 7) is 0. The van der Waals surface area contributed by atoms with Crippen LogP contribution in [-0.2, 0) is 6.42 Å². The highest BCUT2D eigenvalue weighted by Crippen LogP contribution is 2.44. The van der Waals surface area contributed by atoms with Gasteiger partial charge in [-0.2, -0.15) is 0 Å². The Morgan fingerprint density at radius 1 is 0.320 bits per heavy atom. The third kappa shape index (κ3) is 3.95. The van der Waals surface area contributed by atoms with Gasteiger partial charge >= 0.3 is 0 Å². The fraction of sp³-hybridized carbons (Fsp3) is 0.0204. The second kappa shape index (κ2) is 10.5. The molecule has 0 bridgehead atoms. The highest BCUT2D eigenvalue weighted by molar-refractivity contribution is 6.25. The van der Waals surface area contributed by atoms with Crippen LogP contribution in [0.15, 0.2) is 176 Å². The van der Waals surface area contributed by atoms with Gasteiger partial charge in [-0.15, -0.1) is 0 Å². The zero-order valence-electron chi connectivity index (χ0n) is 27.4. The molecule has 11 rings (SSSR count). The van der Waals surface area contributed by atoms with Crippen molar-refractivity contribution in [3.05, 3.63) is 187 Å². The second-order valence-corrected chi connectivity index (χ2v) is 13.7. The highest BCUT2D eigenvalue weighted by Gasteiger charge is 2.23. The molecule has 0 unspecified atom stereocenters. The zero-order chi connectivity index (χ0) is 32.8. The molecule has 1 aliphatic rings. The van der Waals surface area contributed by atoms with Crippen LogP contribution in [0.5, 0.6) is 0 Å². The lowest BCUT2D eigenvalue weighted by Crippen LogP contribution is -1.94. The van der Waals surface area contributed by atoms with Gasteiger partial charge in [0.15, 0.2) is 0 Å². The monoisotopic (exact) mass is 633 g/mol. The summed E-state index contributed by atoms with van der Waals surface area (Å²) >= 11 is 0. The van der Waals surface area contributed by atoms with Gasteiger partial charge in [-0.25, -0.2) is 0 Å². The lowest BCUT2D eigenvalue weighted by molar-refractivity contribution is 1.17. The van der Waals surface area contributed by atoms with Crippen molar-refractivity contribution in [2.24, 2.45) is 0 Å². The van der Waals surface area contributed by atoms with Crippen LogP contribution in [0, 0.1) is 0 Å². The van der Waals surface area contributed by atoms with E-state index in [9.17, 15) is 0 Å². The molecule has 0 radical (unpaired) electrons. The Bertz CT molecular complexity index is 2920. The Morgan fingerprint density at radius 3 is 1.56 bits per heavy atom. The second-order valence-electron chi connectivity index (χ2n) is 13.7. The van der Waals surface area contributed by atoms with Crippen molar-refractivity contribution in [1.82, 2.24) is 4.57 Å². The predicted molar refractivity (Wildman–Crippen MR) is 212 cm³/mol. The summed E-state index contributed by atoms with van der Waals surface area (Å²) in [6.07, 6.45) is 0.938. The Balaban J connectivity index is 1.03. The minimum absolute atomic E-state index is 0.938. The summed E-state index contributed by atoms with van der Waals surface area (Å²) in [5, 5.41) is 10.4. The van der Waals surface area contributed by atoms with Crippen molar-refractivity contribution in [1.29, 1.82) is 0 Å². The van der Waals surface area contributed by atoms with E-state index in [1.165, 1.54) is 104 Å². The number of para-hydroxylation sites is 2. The molecule has 0 amide bonds. The molecule has 1 heterocycles. The van der Waals surface area contributed by atoms with Gasteiger partial charge in [0.1, 0.15) is 0 Å². The quantitative estimate of drug-likeness (QED) is 0.171. The number of rotatable bonds is 3. The number of benzene rings is 9. The van der Waals surface area contributed by atoms with E-state index in [1.807, 2.05) is 0 Å². The predicted octanol–water partition coefficient (Wildman–Crippen LogP) is 13.1. The van der Waals surface area contributed by atoms with Crippen molar-refractivity contribution in [2.45, 2.75) is 6.42 Å². The maximum absolute atomic E-state index is 2.42. The minimum atomic E-state index is 0.938. The topological polar surface area (TPSA) is 4.93 Å². The molecule has 0 atom stereocenters. The van der Waals surface area contributed by atoms with Gasteiger partial charge in [0.05, 0.1) is 11.0 Å². The van der Waals surface area contributed by atoms with Crippen LogP contribution in [0.3, 0.4) is 0 Å². The summed E-state index contributed by atoms with van der Waals surface area (Å²) in [4.78, 5) is 0. The van der Waals surface area contributed by atoms with Crippen LogP contribution in [0.25, 0.3) is 93.2 Å². The maximum atomic E-state index is 2.42. The first kappa shape index (κ1) is 27.5. The lowest BCUT2D eigenvalue weighted by Gasteiger charge is -2.13. The largest absolute Gasteiger partial charge is 0.309 e. The van der Waals surface area contributed by atoms with Crippen LogP contribution in [-0.4, -0.2) is 4.57 Å². The van der Waals surface area contributed by atoms with Crippen molar-refractivity contribution >= 4 is 54.1 Å². The molecule has 0 aliphatic heterocycles. The molecule has 0 saturated carbocycles. The van der Waals surface area contributed by atoms with Gasteiger partial charge in [-0.1, -0.05) is 140 Å². The molecule has 10 aromatic rings. The van der Waals surface area contributed by atoms with E-state index < -0.39 is 0 Å². The molecule has 232 valence electrons. The summed E-state index contributed by atoms with van der Waals surface area (Å²) < 4.78 is 2.42. The first-order chi connectivity index (χ1) is 24.8. The van der Waals surface area contributed by atoms with Gasteiger partial charge in [-0.05, 0) is 120 Å². The molecule has 1 aliphatic carbocycles. The molecule has 0 spiro atoms. The van der Waals surface area contributed by atoms with Gasteiger partial charge in [0.2, 0.25) is 0 Å². The molecular formula is C49H31N. The first-order valence-corrected chi connectivity index (χ1v) is 17.5. The smallest absolute Gasteiger partial charge is 0.0541 e. The molecule has 50 heavy (non-hydrogen) atoms. The van der Waals surface area contributed by atoms with E-state index in [1.54, 1.807) is 0 Å². The number of aromatic nitrogens is 1. The number of hydrogen-bond donors (Lipinski definition) is 0. The van der Waals surface area contributed by atoms with Crippen molar-refractivity contribution in [3.8, 4) is 39.1 Å². The molecular weight excluding hydrogens is 603 g/mol. The van der Waals surface area contributed by atoms with E-state index in [2.05, 4.69) is 180 Å². The molecule has 0 saturated heterocycles. The molecule has 9 aromatic carbocycles. The van der Waals surface area contributed by atoms with E-state index in [-0.39, 0.29) is 0 Å². The van der Waals surface area contributed by atoms with Gasteiger partial charge in [0.25, 0.3) is 0 Å². The Kier molecular flexibility index (Phi) is 5.79. The SMILES string of the molecule is c1cc(-c2ccc3c4ccccc4c4ccccc4c3c2)cc(-c2cccc3c2Cc2ccc(-n4c5ccccc5c5ccccc54)cc2-3)c1. The average Bonchev–Trinajstić information content (AvgIpc) is 3.73. The molecule has 0 N–H and O–H groups in total. The van der Waals surface area contributed by atoms with Crippen LogP contribution >= 0.6 is 0 Å². The highest BCUT2D eigenvalue weighted by atomic mass is 15.0. The summed E-state index contributed by atoms with van der Waals surface area (Å²) in [6, 6.07) is 65.2. The van der Waals surface area contributed by atoms with Gasteiger partial charge < -0.3 is 4.57 Å². The summed E-state index contributed by atoms with van der Waals surface area (Å²) in [5.41, 5.74) is 14.2. The van der Waals surface area contributed by atoms with E-state index in [0.717, 1.165) is 6.42 Å². The molecule has 1 nitrogen and oxygen atoms in total. The van der Waals surface area contributed by atoms with E-state index in [0.29, 0.717) is 0 Å². The Labute approximate surface area is 290 Å². The zero-order valence-corrected chi connectivity index (χ0v) is 27.4. The number of nitrogens with zero attached hydrogens (tertiary/aromatic N) is 1. The molecule has 1 heteroatoms. The van der Waals surface area contributed by atoms with Crippen LogP contribution in [0.1, 0.15) is 11.1 Å². The minimum Gasteiger partial charge on any atom is -0.309 e. The van der Waals surface area contributed by atoms with Crippen molar-refractivity contribution < 1.29 is 0 Å². The van der Waals surface area contributed by atoms with Crippen LogP contribution in [0.4, 0.5) is 0 Å². The fourth-order valence-electron chi connectivity index (χ4n) is 8.75. The number of hydrogen-bond acceptors (Lipinski definition) is 0. The van der Waals surface area contributed by atoms with Crippen molar-refractivity contribution in [2.75, 3.05) is 0 Å². The van der Waals surface area contributed by atoms with Crippen molar-refractivity contribution in [3.63, 3.8) is 0 Å². The Morgan fingerprint density at radius 2 is 0.860 bits per heavy atom. The van der Waals surface area contributed by atoms with E-state index >= 15 is 0 Å². The van der Waals surface area contributed by atoms with Crippen LogP contribution in [0.2, 0.25) is 0 Å². The summed E-state index contributed by atoms with van der Waals surface area (Å²) in [5.74, 6) is 0. The average molecular weight is 634 g/mol. The van der Waals surface area contributed by atoms with Gasteiger partial charge in [-0.3, -0.25) is 0 Å².